The first kappa shape index (κ1) is 18.4. The second kappa shape index (κ2) is 9.33. The van der Waals surface area contributed by atoms with Gasteiger partial charge in [-0.2, -0.15) is 0 Å². The van der Waals surface area contributed by atoms with Crippen molar-refractivity contribution in [3.63, 3.8) is 0 Å². The van der Waals surface area contributed by atoms with Crippen molar-refractivity contribution in [3.05, 3.63) is 84.6 Å². The van der Waals surface area contributed by atoms with Crippen LogP contribution in [-0.4, -0.2) is 39.5 Å². The Hall–Kier alpha value is -2.92. The molecule has 0 saturated carbocycles. The molecular formula is C23H27N5. The SMILES string of the molecule is C(=C\NCc1ccccn1)/CN1CCC(c2cccc(-c3ncc[nH]3)c2)CC1. The second-order valence-electron chi connectivity index (χ2n) is 7.24. The maximum absolute atomic E-state index is 4.37. The molecule has 1 aromatic carbocycles. The second-order valence-corrected chi connectivity index (χ2v) is 7.24. The monoisotopic (exact) mass is 373 g/mol. The van der Waals surface area contributed by atoms with Crippen molar-refractivity contribution in [3.8, 4) is 11.4 Å². The molecule has 1 saturated heterocycles. The van der Waals surface area contributed by atoms with Gasteiger partial charge in [-0.25, -0.2) is 4.98 Å². The van der Waals surface area contributed by atoms with Crippen LogP contribution in [0.4, 0.5) is 0 Å². The predicted octanol–water partition coefficient (Wildman–Crippen LogP) is 3.95. The van der Waals surface area contributed by atoms with Crippen LogP contribution in [0.5, 0.6) is 0 Å². The van der Waals surface area contributed by atoms with Gasteiger partial charge in [-0.3, -0.25) is 9.88 Å². The Kier molecular flexibility index (Phi) is 6.15. The average molecular weight is 374 g/mol. The third kappa shape index (κ3) is 4.87. The van der Waals surface area contributed by atoms with E-state index < -0.39 is 0 Å². The summed E-state index contributed by atoms with van der Waals surface area (Å²) in [6.45, 7) is 4.04. The van der Waals surface area contributed by atoms with Gasteiger partial charge in [-0.1, -0.05) is 30.3 Å². The first-order valence-electron chi connectivity index (χ1n) is 9.99. The number of aromatic amines is 1. The molecule has 0 atom stereocenters. The number of H-pyrrole nitrogens is 1. The number of pyridine rings is 1. The van der Waals surface area contributed by atoms with Gasteiger partial charge in [0, 0.05) is 30.7 Å². The van der Waals surface area contributed by atoms with Crippen molar-refractivity contribution in [1.82, 2.24) is 25.2 Å². The molecule has 3 aromatic rings. The Balaban J connectivity index is 1.22. The maximum Gasteiger partial charge on any atom is 0.137 e. The van der Waals surface area contributed by atoms with Crippen molar-refractivity contribution in [2.24, 2.45) is 0 Å². The topological polar surface area (TPSA) is 56.8 Å². The first-order valence-corrected chi connectivity index (χ1v) is 9.99. The van der Waals surface area contributed by atoms with E-state index in [1.54, 1.807) is 6.20 Å². The minimum absolute atomic E-state index is 0.637. The first-order chi connectivity index (χ1) is 13.9. The van der Waals surface area contributed by atoms with Gasteiger partial charge in [0.15, 0.2) is 0 Å². The molecule has 1 aliphatic heterocycles. The Bertz CT molecular complexity index is 865. The zero-order chi connectivity index (χ0) is 19.0. The van der Waals surface area contributed by atoms with Gasteiger partial charge in [-0.05, 0) is 61.8 Å². The van der Waals surface area contributed by atoms with Crippen molar-refractivity contribution < 1.29 is 0 Å². The molecule has 0 aliphatic carbocycles. The van der Waals surface area contributed by atoms with E-state index in [1.807, 2.05) is 36.8 Å². The summed E-state index contributed by atoms with van der Waals surface area (Å²) >= 11 is 0. The maximum atomic E-state index is 4.37. The Morgan fingerprint density at radius 3 is 2.79 bits per heavy atom. The molecule has 5 nitrogen and oxygen atoms in total. The molecule has 5 heteroatoms. The van der Waals surface area contributed by atoms with Crippen molar-refractivity contribution in [2.45, 2.75) is 25.3 Å². The largest absolute Gasteiger partial charge is 0.385 e. The van der Waals surface area contributed by atoms with E-state index in [-0.39, 0.29) is 0 Å². The summed E-state index contributed by atoms with van der Waals surface area (Å²) < 4.78 is 0. The average Bonchev–Trinajstić information content (AvgIpc) is 3.30. The molecule has 0 radical (unpaired) electrons. The molecule has 3 heterocycles. The lowest BCUT2D eigenvalue weighted by Crippen LogP contribution is -2.33. The number of piperidine rings is 1. The molecule has 28 heavy (non-hydrogen) atoms. The van der Waals surface area contributed by atoms with Crippen LogP contribution in [0.15, 0.2) is 73.3 Å². The molecular weight excluding hydrogens is 346 g/mol. The van der Waals surface area contributed by atoms with E-state index in [2.05, 4.69) is 55.5 Å². The Morgan fingerprint density at radius 1 is 1.07 bits per heavy atom. The lowest BCUT2D eigenvalue weighted by atomic mass is 9.88. The number of benzene rings is 1. The lowest BCUT2D eigenvalue weighted by molar-refractivity contribution is 0.232. The molecule has 0 unspecified atom stereocenters. The van der Waals surface area contributed by atoms with Crippen LogP contribution >= 0.6 is 0 Å². The Labute approximate surface area is 166 Å². The molecule has 0 spiro atoms. The Morgan fingerprint density at radius 2 is 2.00 bits per heavy atom. The smallest absolute Gasteiger partial charge is 0.137 e. The third-order valence-electron chi connectivity index (χ3n) is 5.33. The summed E-state index contributed by atoms with van der Waals surface area (Å²) in [5, 5.41) is 3.32. The zero-order valence-corrected chi connectivity index (χ0v) is 16.1. The normalized spacial score (nSPS) is 15.9. The molecule has 144 valence electrons. The number of nitrogens with zero attached hydrogens (tertiary/aromatic N) is 3. The summed E-state index contributed by atoms with van der Waals surface area (Å²) in [5.74, 6) is 1.58. The van der Waals surface area contributed by atoms with Crippen LogP contribution < -0.4 is 5.32 Å². The summed E-state index contributed by atoms with van der Waals surface area (Å²) in [6.07, 6.45) is 12.2. The van der Waals surface area contributed by atoms with Gasteiger partial charge in [-0.15, -0.1) is 0 Å². The highest BCUT2D eigenvalue weighted by molar-refractivity contribution is 5.56. The quantitative estimate of drug-likeness (QED) is 0.658. The number of rotatable bonds is 7. The van der Waals surface area contributed by atoms with E-state index in [0.717, 1.165) is 37.7 Å². The van der Waals surface area contributed by atoms with Crippen molar-refractivity contribution >= 4 is 0 Å². The zero-order valence-electron chi connectivity index (χ0n) is 16.1. The molecule has 1 fully saturated rings. The fourth-order valence-electron chi connectivity index (χ4n) is 3.76. The van der Waals surface area contributed by atoms with E-state index >= 15 is 0 Å². The van der Waals surface area contributed by atoms with Crippen LogP contribution in [0.2, 0.25) is 0 Å². The van der Waals surface area contributed by atoms with Gasteiger partial charge in [0.05, 0.1) is 12.2 Å². The summed E-state index contributed by atoms with van der Waals surface area (Å²) in [6, 6.07) is 14.8. The molecule has 1 aliphatic rings. The highest BCUT2D eigenvalue weighted by atomic mass is 15.1. The van der Waals surface area contributed by atoms with Crippen molar-refractivity contribution in [2.75, 3.05) is 19.6 Å². The fraction of sp³-hybridized carbons (Fsp3) is 0.304. The van der Waals surface area contributed by atoms with E-state index in [0.29, 0.717) is 5.92 Å². The van der Waals surface area contributed by atoms with Crippen LogP contribution in [-0.2, 0) is 6.54 Å². The molecule has 0 bridgehead atoms. The number of hydrogen-bond acceptors (Lipinski definition) is 4. The number of imidazole rings is 1. The van der Waals surface area contributed by atoms with Crippen LogP contribution in [0.3, 0.4) is 0 Å². The third-order valence-corrected chi connectivity index (χ3v) is 5.33. The van der Waals surface area contributed by atoms with Crippen LogP contribution in [0, 0.1) is 0 Å². The van der Waals surface area contributed by atoms with Gasteiger partial charge in [0.2, 0.25) is 0 Å². The van der Waals surface area contributed by atoms with Gasteiger partial charge >= 0.3 is 0 Å². The summed E-state index contributed by atoms with van der Waals surface area (Å²) in [7, 11) is 0. The number of nitrogens with one attached hydrogen (secondary N) is 2. The number of likely N-dealkylation sites (tertiary alicyclic amines) is 1. The van der Waals surface area contributed by atoms with E-state index in [9.17, 15) is 0 Å². The summed E-state index contributed by atoms with van der Waals surface area (Å²) in [5.41, 5.74) is 3.66. The number of aromatic nitrogens is 3. The highest BCUT2D eigenvalue weighted by Gasteiger charge is 2.20. The van der Waals surface area contributed by atoms with Gasteiger partial charge in [0.25, 0.3) is 0 Å². The standard InChI is InChI=1S/C23H27N5/c1-2-11-25-22(7-1)18-24-10-4-14-28-15-8-19(9-16-28)20-5-3-6-21(17-20)23-26-12-13-27-23/h1-7,10-13,17,19,24H,8-9,14-16,18H2,(H,26,27)/b10-4+. The highest BCUT2D eigenvalue weighted by Crippen LogP contribution is 2.30. The van der Waals surface area contributed by atoms with Gasteiger partial charge in [0.1, 0.15) is 5.82 Å². The number of hydrogen-bond donors (Lipinski definition) is 2. The fourth-order valence-corrected chi connectivity index (χ4v) is 3.76. The molecule has 0 amide bonds. The lowest BCUT2D eigenvalue weighted by Gasteiger charge is -2.31. The predicted molar refractivity (Wildman–Crippen MR) is 113 cm³/mol. The molecule has 2 aromatic heterocycles. The minimum Gasteiger partial charge on any atom is -0.385 e. The molecule has 2 N–H and O–H groups in total. The van der Waals surface area contributed by atoms with Crippen molar-refractivity contribution in [1.29, 1.82) is 0 Å². The van der Waals surface area contributed by atoms with E-state index in [1.165, 1.54) is 24.0 Å². The minimum atomic E-state index is 0.637. The van der Waals surface area contributed by atoms with E-state index in [4.69, 9.17) is 0 Å². The van der Waals surface area contributed by atoms with Crippen LogP contribution in [0.25, 0.3) is 11.4 Å². The van der Waals surface area contributed by atoms with Crippen LogP contribution in [0.1, 0.15) is 30.0 Å². The van der Waals surface area contributed by atoms with Gasteiger partial charge < -0.3 is 10.3 Å². The summed E-state index contributed by atoms with van der Waals surface area (Å²) in [4.78, 5) is 14.4. The molecule has 4 rings (SSSR count).